The van der Waals surface area contributed by atoms with Crippen LogP contribution in [0, 0.1) is 0 Å². The number of rotatable bonds is 11. The minimum absolute atomic E-state index is 0. The molecule has 0 saturated carbocycles. The van der Waals surface area contributed by atoms with Crippen LogP contribution in [-0.4, -0.2) is 41.4 Å². The summed E-state index contributed by atoms with van der Waals surface area (Å²) in [5.74, 6) is -0.606. The Bertz CT molecular complexity index is 247. The van der Waals surface area contributed by atoms with Crippen molar-refractivity contribution in [3.63, 3.8) is 0 Å². The molecule has 0 aliphatic heterocycles. The van der Waals surface area contributed by atoms with Gasteiger partial charge < -0.3 is 4.84 Å². The quantitative estimate of drug-likeness (QED) is 0.360. The fraction of sp³-hybridized carbons (Fsp3) is 0.867. The first kappa shape index (κ1) is 22.2. The van der Waals surface area contributed by atoms with E-state index in [1.165, 1.54) is 44.9 Å². The van der Waals surface area contributed by atoms with E-state index < -0.39 is 5.97 Å². The van der Waals surface area contributed by atoms with Crippen molar-refractivity contribution in [2.45, 2.75) is 84.5 Å². The van der Waals surface area contributed by atoms with Gasteiger partial charge in [-0.05, 0) is 6.42 Å². The molecule has 0 aliphatic carbocycles. The van der Waals surface area contributed by atoms with E-state index in [4.69, 9.17) is 0 Å². The van der Waals surface area contributed by atoms with Crippen LogP contribution in [0.1, 0.15) is 84.5 Å². The summed E-state index contributed by atoms with van der Waals surface area (Å²) in [5.41, 5.74) is 2.17. The third-order valence-electron chi connectivity index (χ3n) is 3.07. The molecule has 0 aliphatic rings. The van der Waals surface area contributed by atoms with Crippen molar-refractivity contribution in [3.8, 4) is 0 Å². The van der Waals surface area contributed by atoms with E-state index in [0.717, 1.165) is 12.8 Å². The van der Waals surface area contributed by atoms with Crippen LogP contribution in [0.3, 0.4) is 0 Å². The standard InChI is InChI=1S/C15H29NO3.Na/c1-3-5-6-7-8-9-10-11-12-13-14(17)16-19-15(18)4-2;/h3-13H2,1-2H3,(H,16,17);. The molecule has 0 atom stereocenters. The predicted octanol–water partition coefficient (Wildman–Crippen LogP) is 3.51. The average Bonchev–Trinajstić information content (AvgIpc) is 2.42. The summed E-state index contributed by atoms with van der Waals surface area (Å²) in [4.78, 5) is 26.6. The molecule has 0 aromatic rings. The number of amides is 1. The van der Waals surface area contributed by atoms with Gasteiger partial charge in [0.1, 0.15) is 0 Å². The minimum Gasteiger partial charge on any atom is -0.341 e. The molecule has 1 radical (unpaired) electrons. The topological polar surface area (TPSA) is 55.4 Å². The molecule has 0 rings (SSSR count). The van der Waals surface area contributed by atoms with Crippen LogP contribution in [0.15, 0.2) is 0 Å². The van der Waals surface area contributed by atoms with Crippen molar-refractivity contribution >= 4 is 41.4 Å². The summed E-state index contributed by atoms with van der Waals surface area (Å²) in [5, 5.41) is 0. The molecular weight excluding hydrogens is 265 g/mol. The third kappa shape index (κ3) is 16.0. The number of nitrogens with one attached hydrogen (secondary N) is 1. The third-order valence-corrected chi connectivity index (χ3v) is 3.07. The smallest absolute Gasteiger partial charge is 0.331 e. The Morgan fingerprint density at radius 2 is 1.35 bits per heavy atom. The molecule has 113 valence electrons. The molecule has 1 N–H and O–H groups in total. The molecule has 0 unspecified atom stereocenters. The molecule has 20 heavy (non-hydrogen) atoms. The molecule has 0 saturated heterocycles. The summed E-state index contributed by atoms with van der Waals surface area (Å²) in [6.45, 7) is 3.91. The van der Waals surface area contributed by atoms with Crippen LogP contribution in [0.4, 0.5) is 0 Å². The zero-order valence-corrected chi connectivity index (χ0v) is 15.5. The summed E-state index contributed by atoms with van der Waals surface area (Å²) in [6, 6.07) is 0. The molecular formula is C15H29NNaO3. The van der Waals surface area contributed by atoms with Gasteiger partial charge in [0.15, 0.2) is 0 Å². The maximum atomic E-state index is 11.3. The van der Waals surface area contributed by atoms with Gasteiger partial charge in [0.25, 0.3) is 5.91 Å². The van der Waals surface area contributed by atoms with Crippen LogP contribution in [-0.2, 0) is 14.4 Å². The Kier molecular flexibility index (Phi) is 18.9. The van der Waals surface area contributed by atoms with Gasteiger partial charge in [-0.3, -0.25) is 4.79 Å². The fourth-order valence-electron chi connectivity index (χ4n) is 1.83. The molecule has 0 bridgehead atoms. The molecule has 0 aromatic carbocycles. The molecule has 0 fully saturated rings. The van der Waals surface area contributed by atoms with E-state index >= 15 is 0 Å². The predicted molar refractivity (Wildman–Crippen MR) is 82.1 cm³/mol. The molecule has 0 heterocycles. The van der Waals surface area contributed by atoms with Gasteiger partial charge in [0.05, 0.1) is 0 Å². The van der Waals surface area contributed by atoms with E-state index in [0.29, 0.717) is 6.42 Å². The number of hydroxylamine groups is 1. The van der Waals surface area contributed by atoms with Gasteiger partial charge in [-0.15, -0.1) is 0 Å². The van der Waals surface area contributed by atoms with Gasteiger partial charge in [-0.1, -0.05) is 65.2 Å². The zero-order valence-electron chi connectivity index (χ0n) is 13.5. The van der Waals surface area contributed by atoms with Crippen LogP contribution in [0.5, 0.6) is 0 Å². The minimum atomic E-state index is -0.402. The van der Waals surface area contributed by atoms with E-state index in [9.17, 15) is 9.59 Å². The van der Waals surface area contributed by atoms with Gasteiger partial charge in [-0.2, -0.15) is 5.48 Å². The van der Waals surface area contributed by atoms with Crippen LogP contribution < -0.4 is 5.48 Å². The second kappa shape index (κ2) is 17.0. The maximum Gasteiger partial charge on any atom is 0.331 e. The SMILES string of the molecule is CCCCCCCCCCCC(=O)NOC(=O)CC.[Na]. The number of carbonyl (C=O) groups is 2. The van der Waals surface area contributed by atoms with Crippen molar-refractivity contribution in [2.24, 2.45) is 0 Å². The molecule has 0 aromatic heterocycles. The fourth-order valence-corrected chi connectivity index (χ4v) is 1.83. The Labute approximate surface area is 145 Å². The zero-order chi connectivity index (χ0) is 14.3. The van der Waals surface area contributed by atoms with Crippen LogP contribution in [0.25, 0.3) is 0 Å². The maximum absolute atomic E-state index is 11.3. The summed E-state index contributed by atoms with van der Waals surface area (Å²) >= 11 is 0. The first-order chi connectivity index (χ1) is 9.20. The Balaban J connectivity index is 0. The van der Waals surface area contributed by atoms with Gasteiger partial charge in [0.2, 0.25) is 0 Å². The van der Waals surface area contributed by atoms with E-state index in [2.05, 4.69) is 17.2 Å². The molecule has 5 heteroatoms. The molecule has 1 amide bonds. The van der Waals surface area contributed by atoms with E-state index in [1.54, 1.807) is 6.92 Å². The van der Waals surface area contributed by atoms with E-state index in [-0.39, 0.29) is 41.9 Å². The van der Waals surface area contributed by atoms with Crippen molar-refractivity contribution in [1.29, 1.82) is 0 Å². The number of carbonyl (C=O) groups excluding carboxylic acids is 2. The Morgan fingerprint density at radius 1 is 0.850 bits per heavy atom. The molecule has 4 nitrogen and oxygen atoms in total. The van der Waals surface area contributed by atoms with Crippen molar-refractivity contribution in [3.05, 3.63) is 0 Å². The molecule has 0 spiro atoms. The summed E-state index contributed by atoms with van der Waals surface area (Å²) in [6.07, 6.45) is 11.7. The van der Waals surface area contributed by atoms with Crippen molar-refractivity contribution in [2.75, 3.05) is 0 Å². The van der Waals surface area contributed by atoms with Crippen LogP contribution in [0.2, 0.25) is 0 Å². The normalized spacial score (nSPS) is 9.70. The van der Waals surface area contributed by atoms with Gasteiger partial charge in [-0.25, -0.2) is 4.79 Å². The van der Waals surface area contributed by atoms with E-state index in [1.807, 2.05) is 0 Å². The van der Waals surface area contributed by atoms with Crippen molar-refractivity contribution in [1.82, 2.24) is 5.48 Å². The van der Waals surface area contributed by atoms with Gasteiger partial charge in [0, 0.05) is 42.4 Å². The summed E-state index contributed by atoms with van der Waals surface area (Å²) < 4.78 is 0. The number of hydrogen-bond donors (Lipinski definition) is 1. The van der Waals surface area contributed by atoms with Gasteiger partial charge >= 0.3 is 5.97 Å². The monoisotopic (exact) mass is 294 g/mol. The largest absolute Gasteiger partial charge is 0.341 e. The number of unbranched alkanes of at least 4 members (excludes halogenated alkanes) is 8. The second-order valence-corrected chi connectivity index (χ2v) is 4.93. The first-order valence-electron chi connectivity index (χ1n) is 7.69. The Morgan fingerprint density at radius 3 is 1.85 bits per heavy atom. The first-order valence-corrected chi connectivity index (χ1v) is 7.69. The Hall–Kier alpha value is -0.0600. The van der Waals surface area contributed by atoms with Crippen LogP contribution >= 0.6 is 0 Å². The summed E-state index contributed by atoms with van der Waals surface area (Å²) in [7, 11) is 0. The second-order valence-electron chi connectivity index (χ2n) is 4.93. The van der Waals surface area contributed by atoms with Crippen molar-refractivity contribution < 1.29 is 14.4 Å². The number of hydrogen-bond acceptors (Lipinski definition) is 3. The average molecular weight is 294 g/mol.